The van der Waals surface area contributed by atoms with E-state index in [1.807, 2.05) is 0 Å². The Hall–Kier alpha value is -2.77. The molecule has 1 aliphatic carbocycles. The molecule has 3 heterocycles. The maximum Gasteiger partial charge on any atom is 0.241 e. The molecule has 0 amide bonds. The van der Waals surface area contributed by atoms with Crippen molar-refractivity contribution in [2.24, 2.45) is 0 Å². The van der Waals surface area contributed by atoms with E-state index in [0.29, 0.717) is 25.0 Å². The number of sulfonamides is 1. The van der Waals surface area contributed by atoms with Crippen molar-refractivity contribution in [3.8, 4) is 11.3 Å². The SMILES string of the molecule is O=S(=O)(C1CC1)N1CC[C@@H](Nc2ncc3c(F)cc(-c4c(F)cc(F)cc4F)n3n2)[C@H](O)C1. The molecule has 176 valence electrons. The summed E-state index contributed by atoms with van der Waals surface area (Å²) in [5, 5.41) is 17.1. The van der Waals surface area contributed by atoms with E-state index >= 15 is 0 Å². The molecule has 0 unspecified atom stereocenters. The molecule has 3 aromatic rings. The van der Waals surface area contributed by atoms with Crippen molar-refractivity contribution in [1.82, 2.24) is 18.9 Å². The number of piperidine rings is 1. The van der Waals surface area contributed by atoms with Crippen LogP contribution in [0.3, 0.4) is 0 Å². The summed E-state index contributed by atoms with van der Waals surface area (Å²) in [5.74, 6) is -4.46. The van der Waals surface area contributed by atoms with Gasteiger partial charge in [0, 0.05) is 31.3 Å². The zero-order valence-corrected chi connectivity index (χ0v) is 17.9. The molecule has 1 aliphatic heterocycles. The van der Waals surface area contributed by atoms with E-state index in [9.17, 15) is 31.1 Å². The van der Waals surface area contributed by atoms with Gasteiger partial charge in [-0.1, -0.05) is 0 Å². The number of anilines is 1. The first-order valence-corrected chi connectivity index (χ1v) is 11.8. The summed E-state index contributed by atoms with van der Waals surface area (Å²) in [5.41, 5.74) is -1.10. The highest BCUT2D eigenvalue weighted by Crippen LogP contribution is 2.33. The normalized spacial score (nSPS) is 22.1. The van der Waals surface area contributed by atoms with Gasteiger partial charge in [-0.2, -0.15) is 4.31 Å². The van der Waals surface area contributed by atoms with Crippen molar-refractivity contribution in [1.29, 1.82) is 0 Å². The van der Waals surface area contributed by atoms with Gasteiger partial charge in [0.25, 0.3) is 0 Å². The zero-order valence-electron chi connectivity index (χ0n) is 17.0. The van der Waals surface area contributed by atoms with E-state index in [2.05, 4.69) is 15.4 Å². The summed E-state index contributed by atoms with van der Waals surface area (Å²) in [7, 11) is -3.42. The molecule has 13 heteroatoms. The fourth-order valence-electron chi connectivity index (χ4n) is 4.03. The van der Waals surface area contributed by atoms with Crippen LogP contribution in [0.5, 0.6) is 0 Å². The van der Waals surface area contributed by atoms with Gasteiger partial charge in [-0.3, -0.25) is 0 Å². The van der Waals surface area contributed by atoms with Gasteiger partial charge in [-0.25, -0.2) is 35.5 Å². The largest absolute Gasteiger partial charge is 0.390 e. The first-order chi connectivity index (χ1) is 15.6. The summed E-state index contributed by atoms with van der Waals surface area (Å²) in [6, 6.07) is 1.23. The van der Waals surface area contributed by atoms with Gasteiger partial charge in [0.1, 0.15) is 23.0 Å². The lowest BCUT2D eigenvalue weighted by Crippen LogP contribution is -2.52. The maximum absolute atomic E-state index is 14.4. The Balaban J connectivity index is 1.42. The zero-order chi connectivity index (χ0) is 23.5. The fraction of sp³-hybridized carbons (Fsp3) is 0.400. The van der Waals surface area contributed by atoms with E-state index < -0.39 is 51.0 Å². The van der Waals surface area contributed by atoms with Gasteiger partial charge in [-0.15, -0.1) is 5.10 Å². The molecule has 33 heavy (non-hydrogen) atoms. The van der Waals surface area contributed by atoms with Gasteiger partial charge < -0.3 is 10.4 Å². The standard InChI is InChI=1S/C20H19F4N5O3S/c21-10-5-13(23)19(14(24)6-10)16-7-12(22)17-8-25-20(27-29(16)17)26-15-3-4-28(9-18(15)30)33(31,32)11-1-2-11/h5-8,11,15,18,30H,1-4,9H2,(H,26,27)/t15-,18-/m1/s1. The van der Waals surface area contributed by atoms with Crippen LogP contribution < -0.4 is 5.32 Å². The molecule has 1 saturated carbocycles. The smallest absolute Gasteiger partial charge is 0.241 e. The van der Waals surface area contributed by atoms with E-state index in [-0.39, 0.29) is 41.9 Å². The van der Waals surface area contributed by atoms with Crippen molar-refractivity contribution in [3.63, 3.8) is 0 Å². The second kappa shape index (κ2) is 7.92. The van der Waals surface area contributed by atoms with E-state index in [1.54, 1.807) is 0 Å². The summed E-state index contributed by atoms with van der Waals surface area (Å²) < 4.78 is 83.3. The molecule has 5 rings (SSSR count). The first kappa shape index (κ1) is 22.0. The Morgan fingerprint density at radius 3 is 2.36 bits per heavy atom. The number of aromatic nitrogens is 3. The molecule has 2 N–H and O–H groups in total. The van der Waals surface area contributed by atoms with Crippen LogP contribution in [0.25, 0.3) is 16.8 Å². The Morgan fingerprint density at radius 2 is 1.73 bits per heavy atom. The second-order valence-corrected chi connectivity index (χ2v) is 10.4. The lowest BCUT2D eigenvalue weighted by molar-refractivity contribution is 0.0946. The Morgan fingerprint density at radius 1 is 1.03 bits per heavy atom. The van der Waals surface area contributed by atoms with Gasteiger partial charge in [0.15, 0.2) is 5.82 Å². The minimum atomic E-state index is -3.42. The highest BCUT2D eigenvalue weighted by Gasteiger charge is 2.43. The minimum absolute atomic E-state index is 0.0650. The van der Waals surface area contributed by atoms with Crippen LogP contribution in [0, 0.1) is 23.3 Å². The molecule has 0 radical (unpaired) electrons. The third-order valence-electron chi connectivity index (χ3n) is 5.90. The van der Waals surface area contributed by atoms with Crippen LogP contribution in [-0.2, 0) is 10.0 Å². The topological polar surface area (TPSA) is 99.8 Å². The molecule has 2 aromatic heterocycles. The number of benzene rings is 1. The molecule has 1 saturated heterocycles. The van der Waals surface area contributed by atoms with Crippen LogP contribution in [0.2, 0.25) is 0 Å². The predicted octanol–water partition coefficient (Wildman–Crippen LogP) is 2.29. The molecular formula is C20H19F4N5O3S. The molecular weight excluding hydrogens is 466 g/mol. The third kappa shape index (κ3) is 3.93. The van der Waals surface area contributed by atoms with Crippen LogP contribution in [0.15, 0.2) is 24.4 Å². The lowest BCUT2D eigenvalue weighted by Gasteiger charge is -2.35. The van der Waals surface area contributed by atoms with Crippen LogP contribution >= 0.6 is 0 Å². The quantitative estimate of drug-likeness (QED) is 0.538. The van der Waals surface area contributed by atoms with Crippen LogP contribution in [0.4, 0.5) is 23.5 Å². The number of hydrogen-bond donors (Lipinski definition) is 2. The number of fused-ring (bicyclic) bond motifs is 1. The number of aliphatic hydroxyl groups is 1. The minimum Gasteiger partial charge on any atom is -0.390 e. The molecule has 0 spiro atoms. The Labute approximate surface area is 185 Å². The number of rotatable bonds is 5. The summed E-state index contributed by atoms with van der Waals surface area (Å²) in [6.07, 6.45) is 1.56. The highest BCUT2D eigenvalue weighted by molar-refractivity contribution is 7.90. The van der Waals surface area contributed by atoms with Crippen molar-refractivity contribution in [3.05, 3.63) is 47.7 Å². The lowest BCUT2D eigenvalue weighted by atomic mass is 10.0. The average Bonchev–Trinajstić information content (AvgIpc) is 3.55. The van der Waals surface area contributed by atoms with Crippen molar-refractivity contribution in [2.45, 2.75) is 36.7 Å². The Bertz CT molecular complexity index is 1320. The Kier molecular flexibility index (Phi) is 5.29. The summed E-state index contributed by atoms with van der Waals surface area (Å²) in [4.78, 5) is 3.99. The van der Waals surface area contributed by atoms with E-state index in [1.165, 1.54) is 4.31 Å². The summed E-state index contributed by atoms with van der Waals surface area (Å²) >= 11 is 0. The number of hydrogen-bond acceptors (Lipinski definition) is 6. The van der Waals surface area contributed by atoms with Gasteiger partial charge in [0.2, 0.25) is 16.0 Å². The molecule has 2 atom stereocenters. The van der Waals surface area contributed by atoms with Gasteiger partial charge in [-0.05, 0) is 19.3 Å². The van der Waals surface area contributed by atoms with Crippen LogP contribution in [0.1, 0.15) is 19.3 Å². The fourth-order valence-corrected chi connectivity index (χ4v) is 5.90. The second-order valence-electron chi connectivity index (χ2n) is 8.21. The van der Waals surface area contributed by atoms with Crippen molar-refractivity contribution >= 4 is 21.5 Å². The maximum atomic E-state index is 14.4. The number of halogens is 4. The third-order valence-corrected chi connectivity index (χ3v) is 8.26. The average molecular weight is 485 g/mol. The molecule has 2 aliphatic rings. The highest BCUT2D eigenvalue weighted by atomic mass is 32.2. The molecule has 1 aromatic carbocycles. The summed E-state index contributed by atoms with van der Waals surface area (Å²) in [6.45, 7) is 0.110. The number of β-amino-alcohol motifs (C(OH)–C–C–N with tert-alkyl or cyclic N) is 1. The van der Waals surface area contributed by atoms with Crippen molar-refractivity contribution in [2.75, 3.05) is 18.4 Å². The molecule has 0 bridgehead atoms. The van der Waals surface area contributed by atoms with E-state index in [0.717, 1.165) is 16.8 Å². The molecule has 8 nitrogen and oxygen atoms in total. The van der Waals surface area contributed by atoms with E-state index in [4.69, 9.17) is 0 Å². The molecule has 2 fully saturated rings. The monoisotopic (exact) mass is 485 g/mol. The predicted molar refractivity (Wildman–Crippen MR) is 110 cm³/mol. The van der Waals surface area contributed by atoms with Gasteiger partial charge in [0.05, 0.1) is 34.8 Å². The van der Waals surface area contributed by atoms with Gasteiger partial charge >= 0.3 is 0 Å². The van der Waals surface area contributed by atoms with Crippen LogP contribution in [-0.4, -0.2) is 62.9 Å². The van der Waals surface area contributed by atoms with Crippen molar-refractivity contribution < 1.29 is 31.1 Å². The number of aliphatic hydroxyl groups excluding tert-OH is 1. The number of nitrogens with one attached hydrogen (secondary N) is 1. The first-order valence-electron chi connectivity index (χ1n) is 10.3. The number of nitrogens with zero attached hydrogens (tertiary/aromatic N) is 4.